The van der Waals surface area contributed by atoms with Crippen molar-refractivity contribution in [1.82, 2.24) is 0 Å². The first-order valence-corrected chi connectivity index (χ1v) is 6.50. The molecule has 1 rings (SSSR count). The number of rotatable bonds is 8. The second-order valence-electron chi connectivity index (χ2n) is 4.35. The van der Waals surface area contributed by atoms with Gasteiger partial charge in [0.1, 0.15) is 5.75 Å². The molecule has 0 fully saturated rings. The van der Waals surface area contributed by atoms with Crippen LogP contribution in [0.15, 0.2) is 22.1 Å². The molecule has 1 aromatic carbocycles. The largest absolute Gasteiger partial charge is 0.507 e. The van der Waals surface area contributed by atoms with E-state index in [2.05, 4.69) is 9.98 Å². The summed E-state index contributed by atoms with van der Waals surface area (Å²) in [5.41, 5.74) is 2.42. The molecule has 0 amide bonds. The molecular formula is C15H22N2O3. The Hall–Kier alpha value is -1.72. The number of phenolic OH excluding ortho intramolecular Hbond substituents is 1. The van der Waals surface area contributed by atoms with Gasteiger partial charge in [-0.2, -0.15) is 0 Å². The maximum absolute atomic E-state index is 10.2. The Morgan fingerprint density at radius 2 is 1.45 bits per heavy atom. The number of aliphatic imine (C=N–C) groups is 2. The molecule has 0 saturated carbocycles. The maximum Gasteiger partial charge on any atom is 0.133 e. The lowest BCUT2D eigenvalue weighted by molar-refractivity contribution is 0.208. The molecule has 0 radical (unpaired) electrons. The van der Waals surface area contributed by atoms with Crippen molar-refractivity contribution in [2.45, 2.75) is 6.92 Å². The van der Waals surface area contributed by atoms with Crippen LogP contribution in [0.2, 0.25) is 0 Å². The van der Waals surface area contributed by atoms with E-state index in [9.17, 15) is 5.11 Å². The minimum atomic E-state index is 0.193. The third-order valence-electron chi connectivity index (χ3n) is 2.62. The van der Waals surface area contributed by atoms with E-state index in [0.29, 0.717) is 37.4 Å². The van der Waals surface area contributed by atoms with E-state index < -0.39 is 0 Å². The molecule has 0 heterocycles. The minimum Gasteiger partial charge on any atom is -0.507 e. The number of nitrogens with zero attached hydrogens (tertiary/aromatic N) is 2. The zero-order valence-corrected chi connectivity index (χ0v) is 12.3. The van der Waals surface area contributed by atoms with Crippen LogP contribution in [0, 0.1) is 6.92 Å². The minimum absolute atomic E-state index is 0.193. The summed E-state index contributed by atoms with van der Waals surface area (Å²) in [6.45, 7) is 4.24. The van der Waals surface area contributed by atoms with Crippen molar-refractivity contribution in [2.75, 3.05) is 40.5 Å². The predicted molar refractivity (Wildman–Crippen MR) is 81.5 cm³/mol. The van der Waals surface area contributed by atoms with E-state index in [0.717, 1.165) is 5.56 Å². The fourth-order valence-electron chi connectivity index (χ4n) is 1.65. The lowest BCUT2D eigenvalue weighted by Crippen LogP contribution is -1.97. The van der Waals surface area contributed by atoms with E-state index in [-0.39, 0.29) is 5.75 Å². The molecule has 5 heteroatoms. The lowest BCUT2D eigenvalue weighted by atomic mass is 10.1. The predicted octanol–water partition coefficient (Wildman–Crippen LogP) is 1.83. The van der Waals surface area contributed by atoms with Crippen molar-refractivity contribution in [1.29, 1.82) is 0 Å². The highest BCUT2D eigenvalue weighted by Crippen LogP contribution is 2.21. The summed E-state index contributed by atoms with van der Waals surface area (Å²) in [5, 5.41) is 10.2. The number of aryl methyl sites for hydroxylation is 1. The van der Waals surface area contributed by atoms with E-state index in [1.54, 1.807) is 26.6 Å². The van der Waals surface area contributed by atoms with Crippen LogP contribution in [0.4, 0.5) is 0 Å². The first kappa shape index (κ1) is 16.3. The topological polar surface area (TPSA) is 63.4 Å². The average Bonchev–Trinajstić information content (AvgIpc) is 2.44. The number of hydrogen-bond donors (Lipinski definition) is 1. The van der Waals surface area contributed by atoms with Crippen LogP contribution in [0.3, 0.4) is 0 Å². The number of methoxy groups -OCH3 is 2. The molecule has 0 spiro atoms. The van der Waals surface area contributed by atoms with Gasteiger partial charge in [0.15, 0.2) is 0 Å². The Kier molecular flexibility index (Phi) is 7.54. The van der Waals surface area contributed by atoms with Crippen molar-refractivity contribution in [2.24, 2.45) is 9.98 Å². The molecule has 1 aromatic rings. The van der Waals surface area contributed by atoms with Crippen LogP contribution >= 0.6 is 0 Å². The van der Waals surface area contributed by atoms with E-state index in [1.807, 2.05) is 19.1 Å². The van der Waals surface area contributed by atoms with Crippen LogP contribution in [0.25, 0.3) is 0 Å². The number of phenols is 1. The first-order valence-electron chi connectivity index (χ1n) is 6.50. The van der Waals surface area contributed by atoms with Gasteiger partial charge < -0.3 is 14.6 Å². The third-order valence-corrected chi connectivity index (χ3v) is 2.62. The number of aromatic hydroxyl groups is 1. The van der Waals surface area contributed by atoms with Crippen molar-refractivity contribution < 1.29 is 14.6 Å². The average molecular weight is 278 g/mol. The zero-order chi connectivity index (χ0) is 14.8. The third kappa shape index (κ3) is 5.50. The first-order chi connectivity index (χ1) is 9.69. The van der Waals surface area contributed by atoms with Gasteiger partial charge in [-0.1, -0.05) is 0 Å². The summed E-state index contributed by atoms with van der Waals surface area (Å²) >= 11 is 0. The van der Waals surface area contributed by atoms with Crippen LogP contribution in [0.1, 0.15) is 16.7 Å². The van der Waals surface area contributed by atoms with E-state index in [4.69, 9.17) is 9.47 Å². The van der Waals surface area contributed by atoms with Crippen LogP contribution in [0.5, 0.6) is 5.75 Å². The second kappa shape index (κ2) is 9.23. The van der Waals surface area contributed by atoms with Gasteiger partial charge in [-0.05, 0) is 24.6 Å². The van der Waals surface area contributed by atoms with E-state index >= 15 is 0 Å². The summed E-state index contributed by atoms with van der Waals surface area (Å²) in [4.78, 5) is 8.42. The number of benzene rings is 1. The van der Waals surface area contributed by atoms with Crippen molar-refractivity contribution >= 4 is 12.4 Å². The summed E-state index contributed by atoms with van der Waals surface area (Å²) in [6.07, 6.45) is 3.32. The molecule has 0 aromatic heterocycles. The summed E-state index contributed by atoms with van der Waals surface area (Å²) in [5.74, 6) is 0.193. The smallest absolute Gasteiger partial charge is 0.133 e. The maximum atomic E-state index is 10.2. The van der Waals surface area contributed by atoms with Crippen LogP contribution < -0.4 is 0 Å². The Bertz CT molecular complexity index is 431. The van der Waals surface area contributed by atoms with Crippen molar-refractivity contribution in [3.8, 4) is 5.75 Å². The Morgan fingerprint density at radius 1 is 1.00 bits per heavy atom. The van der Waals surface area contributed by atoms with Gasteiger partial charge in [-0.15, -0.1) is 0 Å². The van der Waals surface area contributed by atoms with Gasteiger partial charge >= 0.3 is 0 Å². The highest BCUT2D eigenvalue weighted by atomic mass is 16.5. The molecule has 20 heavy (non-hydrogen) atoms. The number of hydrogen-bond acceptors (Lipinski definition) is 5. The zero-order valence-electron chi connectivity index (χ0n) is 12.3. The van der Waals surface area contributed by atoms with Gasteiger partial charge in [0.05, 0.1) is 26.3 Å². The summed E-state index contributed by atoms with van der Waals surface area (Å²) in [7, 11) is 3.27. The monoisotopic (exact) mass is 278 g/mol. The highest BCUT2D eigenvalue weighted by Gasteiger charge is 2.05. The fourth-order valence-corrected chi connectivity index (χ4v) is 1.65. The van der Waals surface area contributed by atoms with Gasteiger partial charge in [0.25, 0.3) is 0 Å². The standard InChI is InChI=1S/C15H22N2O3/c1-12-8-13(10-16-4-6-19-2)15(18)14(9-12)11-17-5-7-20-3/h8-11,18H,4-7H2,1-3H3. The molecule has 5 nitrogen and oxygen atoms in total. The molecule has 0 aliphatic rings. The summed E-state index contributed by atoms with van der Waals surface area (Å²) < 4.78 is 9.85. The van der Waals surface area contributed by atoms with Gasteiger partial charge in [-0.25, -0.2) is 0 Å². The van der Waals surface area contributed by atoms with Gasteiger partial charge in [0, 0.05) is 37.8 Å². The molecular weight excluding hydrogens is 256 g/mol. The summed E-state index contributed by atoms with van der Waals surface area (Å²) in [6, 6.07) is 3.77. The van der Waals surface area contributed by atoms with E-state index in [1.165, 1.54) is 0 Å². The quantitative estimate of drug-likeness (QED) is 0.583. The van der Waals surface area contributed by atoms with Gasteiger partial charge in [0.2, 0.25) is 0 Å². The number of ether oxygens (including phenoxy) is 2. The van der Waals surface area contributed by atoms with Crippen LogP contribution in [-0.4, -0.2) is 58.1 Å². The molecule has 1 N–H and O–H groups in total. The molecule has 110 valence electrons. The second-order valence-corrected chi connectivity index (χ2v) is 4.35. The molecule has 0 aliphatic carbocycles. The Labute approximate surface area is 120 Å². The van der Waals surface area contributed by atoms with Gasteiger partial charge in [-0.3, -0.25) is 9.98 Å². The molecule has 0 atom stereocenters. The van der Waals surface area contributed by atoms with Crippen molar-refractivity contribution in [3.63, 3.8) is 0 Å². The molecule has 0 aliphatic heterocycles. The Morgan fingerprint density at radius 3 is 1.85 bits per heavy atom. The molecule has 0 bridgehead atoms. The molecule has 0 unspecified atom stereocenters. The normalized spacial score (nSPS) is 11.8. The van der Waals surface area contributed by atoms with Crippen molar-refractivity contribution in [3.05, 3.63) is 28.8 Å². The SMILES string of the molecule is COCCN=Cc1cc(C)cc(C=NCCOC)c1O. The Balaban J connectivity index is 2.83. The lowest BCUT2D eigenvalue weighted by Gasteiger charge is -2.05. The highest BCUT2D eigenvalue weighted by molar-refractivity contribution is 5.92. The van der Waals surface area contributed by atoms with Crippen LogP contribution in [-0.2, 0) is 9.47 Å². The molecule has 0 saturated heterocycles. The fraction of sp³-hybridized carbons (Fsp3) is 0.467.